The van der Waals surface area contributed by atoms with Gasteiger partial charge < -0.3 is 28.1 Å². The Morgan fingerprint density at radius 1 is 0.148 bits per heavy atom. The van der Waals surface area contributed by atoms with Crippen molar-refractivity contribution < 1.29 is 0 Å². The molecule has 0 atom stereocenters. The summed E-state index contributed by atoms with van der Waals surface area (Å²) in [5.74, 6) is 0. The highest BCUT2D eigenvalue weighted by Crippen LogP contribution is 2.48. The van der Waals surface area contributed by atoms with Gasteiger partial charge in [0.15, 0.2) is 0 Å². The molecule has 0 fully saturated rings. The lowest BCUT2D eigenvalue weighted by Crippen LogP contribution is -2.10. The highest BCUT2D eigenvalue weighted by Gasteiger charge is 2.25. The van der Waals surface area contributed by atoms with Crippen molar-refractivity contribution in [2.75, 3.05) is 9.80 Å². The largest absolute Gasteiger partial charge is 0.310 e. The molecule has 108 heavy (non-hydrogen) atoms. The van der Waals surface area contributed by atoms with Crippen LogP contribution in [0.2, 0.25) is 0 Å². The van der Waals surface area contributed by atoms with Crippen molar-refractivity contribution in [1.29, 1.82) is 0 Å². The van der Waals surface area contributed by atoms with E-state index in [2.05, 4.69) is 428 Å². The Morgan fingerprint density at radius 2 is 0.435 bits per heavy atom. The molecule has 6 heteroatoms. The summed E-state index contributed by atoms with van der Waals surface area (Å²) in [6.07, 6.45) is 0. The summed E-state index contributed by atoms with van der Waals surface area (Å²) >= 11 is 0. The normalized spacial score (nSPS) is 11.9. The zero-order valence-corrected chi connectivity index (χ0v) is 58.8. The summed E-state index contributed by atoms with van der Waals surface area (Å²) in [5, 5.41) is 16.9. The first-order valence-corrected chi connectivity index (χ1v) is 37.1. The van der Waals surface area contributed by atoms with Crippen LogP contribution in [0.15, 0.2) is 400 Å². The van der Waals surface area contributed by atoms with Crippen molar-refractivity contribution >= 4 is 154 Å². The van der Waals surface area contributed by atoms with Crippen LogP contribution in [0.1, 0.15) is 0 Å². The van der Waals surface area contributed by atoms with Gasteiger partial charge in [-0.15, -0.1) is 0 Å². The molecule has 0 saturated heterocycles. The van der Waals surface area contributed by atoms with Gasteiger partial charge in [0.1, 0.15) is 0 Å². The van der Waals surface area contributed by atoms with E-state index < -0.39 is 0 Å². The van der Waals surface area contributed by atoms with E-state index in [-0.39, 0.29) is 0 Å². The monoisotopic (exact) mass is 1370 g/mol. The maximum absolute atomic E-state index is 2.47. The van der Waals surface area contributed by atoms with E-state index in [0.717, 1.165) is 90.1 Å². The molecule has 0 radical (unpaired) electrons. The minimum atomic E-state index is 1.06. The van der Waals surface area contributed by atoms with Gasteiger partial charge in [-0.2, -0.15) is 0 Å². The van der Waals surface area contributed by atoms with Gasteiger partial charge in [-0.1, -0.05) is 231 Å². The number of hydrogen-bond donors (Lipinski definition) is 0. The minimum absolute atomic E-state index is 1.06. The highest BCUT2D eigenvalue weighted by atomic mass is 15.2. The Balaban J connectivity index is 0.690. The molecule has 0 bridgehead atoms. The molecular formula is C102H66N6. The minimum Gasteiger partial charge on any atom is -0.310 e. The molecule has 0 spiro atoms. The molecule has 18 aromatic carbocycles. The van der Waals surface area contributed by atoms with Crippen molar-refractivity contribution in [3.8, 4) is 45.0 Å². The average Bonchev–Trinajstić information content (AvgIpc) is 1.55. The Labute approximate surface area is 623 Å². The van der Waals surface area contributed by atoms with Gasteiger partial charge in [0.25, 0.3) is 0 Å². The maximum Gasteiger partial charge on any atom is 0.0562 e. The number of benzene rings is 18. The fourth-order valence-electron chi connectivity index (χ4n) is 17.5. The first-order chi connectivity index (χ1) is 53.6. The Bertz CT molecular complexity index is 6890. The SMILES string of the molecule is c1ccc(-n2c3ccccc3c3cc(-c4ccc(N(c5ccc6ccccc6c5)c5ccc6c7c8ccc9c(c8ccc7n(-c7ccccc7)c6c5)c5ccc(N(c6ccc(-c7ccc8c(c7)c7ccccc7n8-c7ccccc7)cc6)c6ccc7ccccc7c6)cc5n9-c5ccccc5)cc4)ccc32)cc1. The first-order valence-electron chi connectivity index (χ1n) is 37.1. The van der Waals surface area contributed by atoms with E-state index in [9.17, 15) is 0 Å². The smallest absolute Gasteiger partial charge is 0.0562 e. The molecule has 504 valence electrons. The third-order valence-corrected chi connectivity index (χ3v) is 22.4. The van der Waals surface area contributed by atoms with E-state index >= 15 is 0 Å². The van der Waals surface area contributed by atoms with Gasteiger partial charge in [-0.3, -0.25) is 0 Å². The van der Waals surface area contributed by atoms with Crippen LogP contribution in [0.4, 0.5) is 34.1 Å². The topological polar surface area (TPSA) is 26.2 Å². The number of aromatic nitrogens is 4. The van der Waals surface area contributed by atoms with E-state index in [1.807, 2.05) is 0 Å². The molecule has 0 aliphatic carbocycles. The van der Waals surface area contributed by atoms with Crippen LogP contribution in [0, 0.1) is 0 Å². The van der Waals surface area contributed by atoms with Crippen molar-refractivity contribution in [3.05, 3.63) is 400 Å². The average molecular weight is 1380 g/mol. The third-order valence-electron chi connectivity index (χ3n) is 22.4. The van der Waals surface area contributed by atoms with Crippen LogP contribution in [-0.2, 0) is 0 Å². The summed E-state index contributed by atoms with van der Waals surface area (Å²) in [6.45, 7) is 0. The lowest BCUT2D eigenvalue weighted by molar-refractivity contribution is 1.18. The van der Waals surface area contributed by atoms with Crippen LogP contribution in [0.25, 0.3) is 165 Å². The van der Waals surface area contributed by atoms with Gasteiger partial charge in [0.2, 0.25) is 0 Å². The number of hydrogen-bond acceptors (Lipinski definition) is 2. The summed E-state index contributed by atoms with van der Waals surface area (Å²) < 4.78 is 9.71. The second-order valence-corrected chi connectivity index (χ2v) is 28.4. The predicted octanol–water partition coefficient (Wildman–Crippen LogP) is 27.8. The third kappa shape index (κ3) is 9.74. The van der Waals surface area contributed by atoms with Gasteiger partial charge in [-0.25, -0.2) is 0 Å². The van der Waals surface area contributed by atoms with E-state index in [0.29, 0.717) is 0 Å². The zero-order valence-electron chi connectivity index (χ0n) is 58.8. The fourth-order valence-corrected chi connectivity index (χ4v) is 17.5. The summed E-state index contributed by atoms with van der Waals surface area (Å²) in [5.41, 5.74) is 24.9. The lowest BCUT2D eigenvalue weighted by atomic mass is 9.99. The Hall–Kier alpha value is -14.5. The molecule has 4 heterocycles. The van der Waals surface area contributed by atoms with Gasteiger partial charge >= 0.3 is 0 Å². The van der Waals surface area contributed by atoms with Crippen LogP contribution in [0.5, 0.6) is 0 Å². The molecule has 0 unspecified atom stereocenters. The van der Waals surface area contributed by atoms with Gasteiger partial charge in [-0.05, 0) is 224 Å². The van der Waals surface area contributed by atoms with Crippen LogP contribution in [0.3, 0.4) is 0 Å². The molecule has 0 aliphatic rings. The van der Waals surface area contributed by atoms with E-state index in [1.54, 1.807) is 0 Å². The fraction of sp³-hybridized carbons (Fsp3) is 0. The molecule has 4 aromatic heterocycles. The summed E-state index contributed by atoms with van der Waals surface area (Å²) in [4.78, 5) is 4.86. The standard InChI is InChI=1S/C102H66N6/c1-5-25-75(26-6-1)105-93-35-19-17-33-85(93)91-63-73(43-57-95(91)105)69-37-45-79(46-38-69)103(81-49-41-67-21-13-15-23-71(67)61-81)83-51-53-89-99(65-83)107(77-29-9-3-10-30-77)97-59-55-88-87(101(89)97)56-60-98-102(88)90-54-52-84(66-100(90)108(98)78-31-11-4-12-32-78)104(82-50-42-68-22-14-16-24-72(68)62-82)80-47-39-70(40-48-80)74-44-58-96-92(64-74)86-34-18-20-36-94(86)106(96)76-27-7-2-8-28-76/h1-66H. The quantitative estimate of drug-likeness (QED) is 0.122. The first kappa shape index (κ1) is 61.1. The zero-order chi connectivity index (χ0) is 70.9. The molecule has 6 nitrogen and oxygen atoms in total. The summed E-state index contributed by atoms with van der Waals surface area (Å²) in [6, 6.07) is 148. The van der Waals surface area contributed by atoms with Crippen LogP contribution >= 0.6 is 0 Å². The predicted molar refractivity (Wildman–Crippen MR) is 457 cm³/mol. The second kappa shape index (κ2) is 24.6. The number of anilines is 6. The molecule has 0 amide bonds. The number of nitrogens with zero attached hydrogens (tertiary/aromatic N) is 6. The van der Waals surface area contributed by atoms with Gasteiger partial charge in [0, 0.05) is 100.0 Å². The Morgan fingerprint density at radius 3 is 0.833 bits per heavy atom. The lowest BCUT2D eigenvalue weighted by Gasteiger charge is -2.26. The molecule has 0 aliphatic heterocycles. The number of para-hydroxylation sites is 6. The van der Waals surface area contributed by atoms with Crippen molar-refractivity contribution in [2.24, 2.45) is 0 Å². The molecular weight excluding hydrogens is 1310 g/mol. The summed E-state index contributed by atoms with van der Waals surface area (Å²) in [7, 11) is 0. The van der Waals surface area contributed by atoms with Crippen LogP contribution < -0.4 is 9.80 Å². The molecule has 0 saturated carbocycles. The molecule has 0 N–H and O–H groups in total. The Kier molecular flexibility index (Phi) is 13.9. The molecule has 22 aromatic rings. The van der Waals surface area contributed by atoms with E-state index in [1.165, 1.54) is 109 Å². The highest BCUT2D eigenvalue weighted by molar-refractivity contribution is 6.30. The van der Waals surface area contributed by atoms with Crippen molar-refractivity contribution in [1.82, 2.24) is 18.3 Å². The second-order valence-electron chi connectivity index (χ2n) is 28.4. The number of fused-ring (bicyclic) bond motifs is 17. The molecule has 22 rings (SSSR count). The van der Waals surface area contributed by atoms with E-state index in [4.69, 9.17) is 0 Å². The van der Waals surface area contributed by atoms with Crippen molar-refractivity contribution in [3.63, 3.8) is 0 Å². The maximum atomic E-state index is 2.47. The number of rotatable bonds is 12. The van der Waals surface area contributed by atoms with Crippen molar-refractivity contribution in [2.45, 2.75) is 0 Å². The van der Waals surface area contributed by atoms with Crippen LogP contribution in [-0.4, -0.2) is 18.3 Å². The van der Waals surface area contributed by atoms with Gasteiger partial charge in [0.05, 0.1) is 44.1 Å².